The number of rotatable bonds is 10. The van der Waals surface area contributed by atoms with Gasteiger partial charge < -0.3 is 18.4 Å². The molecule has 8 nitrogen and oxygen atoms in total. The molecule has 0 saturated carbocycles. The first-order valence-corrected chi connectivity index (χ1v) is 11.4. The van der Waals surface area contributed by atoms with Crippen LogP contribution in [0.1, 0.15) is 30.4 Å². The lowest BCUT2D eigenvalue weighted by Crippen LogP contribution is -2.04. The molecule has 0 unspecified atom stereocenters. The number of phosphoric ester groups is 1. The second-order valence-corrected chi connectivity index (χ2v) is 8.22. The highest BCUT2D eigenvalue weighted by atomic mass is 31.2. The summed E-state index contributed by atoms with van der Waals surface area (Å²) in [5, 5.41) is 0.812. The van der Waals surface area contributed by atoms with E-state index in [4.69, 9.17) is 30.1 Å². The second kappa shape index (κ2) is 10.4. The van der Waals surface area contributed by atoms with Crippen LogP contribution in [-0.2, 0) is 11.2 Å². The summed E-state index contributed by atoms with van der Waals surface area (Å²) < 4.78 is 32.7. The maximum Gasteiger partial charge on any atom is 0.524 e. The molecule has 0 saturated heterocycles. The van der Waals surface area contributed by atoms with Crippen molar-refractivity contribution >= 4 is 18.8 Å². The van der Waals surface area contributed by atoms with Crippen molar-refractivity contribution in [2.24, 2.45) is 0 Å². The Balaban J connectivity index is 1.77. The van der Waals surface area contributed by atoms with Crippen molar-refractivity contribution in [2.45, 2.75) is 32.8 Å². The van der Waals surface area contributed by atoms with Crippen molar-refractivity contribution in [1.29, 1.82) is 0 Å². The lowest BCUT2D eigenvalue weighted by atomic mass is 10.1. The van der Waals surface area contributed by atoms with Crippen molar-refractivity contribution in [3.8, 4) is 29.6 Å². The summed E-state index contributed by atoms with van der Waals surface area (Å²) in [6.45, 7) is 2.31. The fourth-order valence-electron chi connectivity index (χ4n) is 3.05. The highest BCUT2D eigenvalue weighted by Gasteiger charge is 2.17. The van der Waals surface area contributed by atoms with Crippen molar-refractivity contribution < 1.29 is 32.8 Å². The quantitative estimate of drug-likeness (QED) is 0.200. The number of unbranched alkanes of at least 4 members (excludes halogenated alkanes) is 2. The van der Waals surface area contributed by atoms with Crippen molar-refractivity contribution in [1.82, 2.24) is 0 Å². The Hall–Kier alpha value is -3.24. The van der Waals surface area contributed by atoms with Crippen LogP contribution in [0.2, 0.25) is 0 Å². The van der Waals surface area contributed by atoms with Gasteiger partial charge in [-0.1, -0.05) is 0 Å². The van der Waals surface area contributed by atoms with Crippen LogP contribution in [0.4, 0.5) is 0 Å². The summed E-state index contributed by atoms with van der Waals surface area (Å²) in [6.07, 6.45) is 7.40. The minimum absolute atomic E-state index is 0.0244. The largest absolute Gasteiger partial charge is 0.524 e. The highest BCUT2D eigenvalue weighted by molar-refractivity contribution is 7.46. The van der Waals surface area contributed by atoms with Crippen molar-refractivity contribution in [3.05, 3.63) is 64.0 Å². The van der Waals surface area contributed by atoms with Crippen molar-refractivity contribution in [2.75, 3.05) is 6.61 Å². The summed E-state index contributed by atoms with van der Waals surface area (Å²) in [6, 6.07) is 11.1. The first-order chi connectivity index (χ1) is 15.2. The highest BCUT2D eigenvalue weighted by Crippen LogP contribution is 2.39. The van der Waals surface area contributed by atoms with Gasteiger partial charge in [0.1, 0.15) is 29.4 Å². The van der Waals surface area contributed by atoms with Gasteiger partial charge in [0, 0.05) is 35.6 Å². The molecule has 1 heterocycles. The third-order valence-corrected chi connectivity index (χ3v) is 5.00. The van der Waals surface area contributed by atoms with E-state index in [0.717, 1.165) is 23.8 Å². The Morgan fingerprint density at radius 3 is 2.59 bits per heavy atom. The van der Waals surface area contributed by atoms with Crippen LogP contribution >= 0.6 is 7.82 Å². The van der Waals surface area contributed by atoms with Gasteiger partial charge in [0.15, 0.2) is 0 Å². The third-order valence-electron chi connectivity index (χ3n) is 4.55. The average molecular weight is 458 g/mol. The van der Waals surface area contributed by atoms with Gasteiger partial charge in [0.05, 0.1) is 6.61 Å². The van der Waals surface area contributed by atoms with Crippen LogP contribution in [0, 0.1) is 19.3 Å². The van der Waals surface area contributed by atoms with E-state index in [9.17, 15) is 9.36 Å². The predicted octanol–water partition coefficient (Wildman–Crippen LogP) is 4.33. The maximum atomic E-state index is 11.6. The Morgan fingerprint density at radius 1 is 1.06 bits per heavy atom. The Labute approximate surface area is 185 Å². The summed E-state index contributed by atoms with van der Waals surface area (Å²) in [4.78, 5) is 29.7. The lowest BCUT2D eigenvalue weighted by Gasteiger charge is -2.15. The molecule has 0 amide bonds. The number of ether oxygens (including phenoxy) is 2. The van der Waals surface area contributed by atoms with E-state index in [1.54, 1.807) is 18.2 Å². The van der Waals surface area contributed by atoms with Gasteiger partial charge in [0.2, 0.25) is 0 Å². The first kappa shape index (κ1) is 23.4. The number of aryl methyl sites for hydroxylation is 1. The molecule has 3 rings (SSSR count). The maximum absolute atomic E-state index is 11.6. The second-order valence-electron chi connectivity index (χ2n) is 7.06. The minimum Gasteiger partial charge on any atom is -0.493 e. The predicted molar refractivity (Wildman–Crippen MR) is 119 cm³/mol. The number of terminal acetylenes is 1. The van der Waals surface area contributed by atoms with Gasteiger partial charge in [-0.3, -0.25) is 9.79 Å². The van der Waals surface area contributed by atoms with Crippen LogP contribution in [0.15, 0.2) is 51.7 Å². The number of benzene rings is 2. The molecule has 0 fully saturated rings. The van der Waals surface area contributed by atoms with Gasteiger partial charge in [-0.05, 0) is 49.6 Å². The van der Waals surface area contributed by atoms with E-state index >= 15 is 0 Å². The molecule has 168 valence electrons. The Morgan fingerprint density at radius 2 is 1.84 bits per heavy atom. The Kier molecular flexibility index (Phi) is 7.60. The van der Waals surface area contributed by atoms with E-state index in [1.165, 1.54) is 18.2 Å². The van der Waals surface area contributed by atoms with Gasteiger partial charge in [0.25, 0.3) is 0 Å². The van der Waals surface area contributed by atoms with Gasteiger partial charge in [-0.2, -0.15) is 0 Å². The topological polar surface area (TPSA) is 115 Å². The lowest BCUT2D eigenvalue weighted by molar-refractivity contribution is 0.271. The van der Waals surface area contributed by atoms with Crippen LogP contribution in [0.3, 0.4) is 0 Å². The molecule has 3 aromatic rings. The minimum atomic E-state index is -4.70. The van der Waals surface area contributed by atoms with Crippen LogP contribution in [0.25, 0.3) is 11.0 Å². The normalized spacial score (nSPS) is 11.2. The molecular formula is C23H23O8P. The molecule has 2 aromatic carbocycles. The molecule has 0 radical (unpaired) electrons. The van der Waals surface area contributed by atoms with E-state index in [2.05, 4.69) is 10.4 Å². The number of fused-ring (bicyclic) bond motifs is 1. The summed E-state index contributed by atoms with van der Waals surface area (Å²) >= 11 is 0. The number of phosphoric acid groups is 1. The van der Waals surface area contributed by atoms with Crippen LogP contribution < -0.4 is 19.6 Å². The fourth-order valence-corrected chi connectivity index (χ4v) is 3.44. The molecular weight excluding hydrogens is 435 g/mol. The number of hydrogen-bond donors (Lipinski definition) is 2. The SMILES string of the molecule is C#CCCCCOc1cc(OP(=O)(O)O)ccc1COc1ccc2c(C)cc(=O)oc2c1. The summed E-state index contributed by atoms with van der Waals surface area (Å²) in [7, 11) is -4.70. The monoisotopic (exact) mass is 458 g/mol. The van der Waals surface area contributed by atoms with E-state index in [0.29, 0.717) is 35.7 Å². The molecule has 0 spiro atoms. The molecule has 0 aliphatic rings. The zero-order chi connectivity index (χ0) is 23.1. The smallest absolute Gasteiger partial charge is 0.493 e. The zero-order valence-electron chi connectivity index (χ0n) is 17.4. The van der Waals surface area contributed by atoms with Crippen LogP contribution in [-0.4, -0.2) is 16.4 Å². The van der Waals surface area contributed by atoms with Gasteiger partial charge in [-0.25, -0.2) is 9.36 Å². The molecule has 2 N–H and O–H groups in total. The molecule has 0 aliphatic carbocycles. The van der Waals surface area contributed by atoms with E-state index in [1.807, 2.05) is 13.0 Å². The molecule has 0 aliphatic heterocycles. The zero-order valence-corrected chi connectivity index (χ0v) is 18.3. The number of hydrogen-bond acceptors (Lipinski definition) is 6. The molecule has 9 heteroatoms. The standard InChI is InChI=1S/C23H23O8P/c1-3-4-5-6-11-28-21-14-19(31-32(25,26)27)8-7-17(21)15-29-18-9-10-20-16(2)12-23(24)30-22(20)13-18/h1,7-10,12-14H,4-6,11,15H2,2H3,(H2,25,26,27). The molecule has 32 heavy (non-hydrogen) atoms. The first-order valence-electron chi connectivity index (χ1n) is 9.87. The van der Waals surface area contributed by atoms with E-state index < -0.39 is 13.4 Å². The van der Waals surface area contributed by atoms with Gasteiger partial charge >= 0.3 is 13.4 Å². The molecule has 1 aromatic heterocycles. The van der Waals surface area contributed by atoms with Gasteiger partial charge in [-0.15, -0.1) is 12.3 Å². The third kappa shape index (κ3) is 6.63. The summed E-state index contributed by atoms with van der Waals surface area (Å²) in [5.41, 5.74) is 1.44. The fraction of sp³-hybridized carbons (Fsp3) is 0.261. The molecule has 0 bridgehead atoms. The summed E-state index contributed by atoms with van der Waals surface area (Å²) in [5.74, 6) is 3.40. The van der Waals surface area contributed by atoms with E-state index in [-0.39, 0.29) is 12.4 Å². The average Bonchev–Trinajstić information content (AvgIpc) is 2.71. The Bertz CT molecular complexity index is 1230. The van der Waals surface area contributed by atoms with Crippen molar-refractivity contribution in [3.63, 3.8) is 0 Å². The van der Waals surface area contributed by atoms with Crippen LogP contribution in [0.5, 0.6) is 17.2 Å². The molecule has 0 atom stereocenters.